The molecule has 0 unspecified atom stereocenters. The third-order valence-electron chi connectivity index (χ3n) is 3.49. The number of nitrogens with zero attached hydrogens (tertiary/aromatic N) is 2. The molecule has 0 saturated heterocycles. The molecule has 0 amide bonds. The number of aromatic nitrogens is 3. The fourth-order valence-corrected chi connectivity index (χ4v) is 3.49. The summed E-state index contributed by atoms with van der Waals surface area (Å²) >= 11 is 7.14. The molecule has 0 spiro atoms. The predicted molar refractivity (Wildman–Crippen MR) is 96.1 cm³/mol. The Morgan fingerprint density at radius 3 is 2.72 bits per heavy atom. The molecule has 2 heterocycles. The normalized spacial score (nSPS) is 10.8. The second-order valence-electron chi connectivity index (χ2n) is 5.38. The highest BCUT2D eigenvalue weighted by Gasteiger charge is 2.16. The number of hydrogen-bond acceptors (Lipinski definition) is 6. The van der Waals surface area contributed by atoms with Gasteiger partial charge in [0.05, 0.1) is 11.3 Å². The van der Waals surface area contributed by atoms with Crippen molar-refractivity contribution in [1.29, 1.82) is 0 Å². The maximum absolute atomic E-state index is 11.8. The molecule has 8 heteroatoms. The first-order valence-electron chi connectivity index (χ1n) is 7.40. The highest BCUT2D eigenvalue weighted by atomic mass is 35.5. The van der Waals surface area contributed by atoms with Crippen molar-refractivity contribution in [2.24, 2.45) is 0 Å². The van der Waals surface area contributed by atoms with Crippen molar-refractivity contribution in [2.45, 2.75) is 24.6 Å². The monoisotopic (exact) mass is 375 g/mol. The molecule has 3 rings (SSSR count). The van der Waals surface area contributed by atoms with E-state index < -0.39 is 5.69 Å². The van der Waals surface area contributed by atoms with Crippen LogP contribution >= 0.6 is 23.4 Å². The maximum Gasteiger partial charge on any atom is 0.346 e. The summed E-state index contributed by atoms with van der Waals surface area (Å²) in [6.07, 6.45) is 0. The van der Waals surface area contributed by atoms with Gasteiger partial charge in [0, 0.05) is 22.3 Å². The molecule has 0 aliphatic rings. The molecule has 0 bridgehead atoms. The summed E-state index contributed by atoms with van der Waals surface area (Å²) in [4.78, 5) is 29.8. The third kappa shape index (κ3) is 4.00. The number of rotatable bonds is 5. The molecule has 0 saturated carbocycles. The first-order chi connectivity index (χ1) is 11.9. The quantitative estimate of drug-likeness (QED) is 0.413. The van der Waals surface area contributed by atoms with Crippen LogP contribution in [0.2, 0.25) is 5.02 Å². The molecule has 1 aromatic carbocycles. The van der Waals surface area contributed by atoms with Gasteiger partial charge in [0.15, 0.2) is 5.78 Å². The molecule has 6 nitrogen and oxygen atoms in total. The minimum Gasteiger partial charge on any atom is -0.360 e. The van der Waals surface area contributed by atoms with E-state index >= 15 is 0 Å². The number of ketones is 1. The number of aryl methyl sites for hydroxylation is 1. The van der Waals surface area contributed by atoms with E-state index in [4.69, 9.17) is 16.1 Å². The summed E-state index contributed by atoms with van der Waals surface area (Å²) in [5, 5.41) is 5.07. The lowest BCUT2D eigenvalue weighted by atomic mass is 10.1. The Bertz CT molecular complexity index is 980. The van der Waals surface area contributed by atoms with Gasteiger partial charge in [-0.25, -0.2) is 4.79 Å². The summed E-state index contributed by atoms with van der Waals surface area (Å²) in [5.74, 6) is 0.865. The number of carbonyl (C=O) groups excluding carboxylic acids is 1. The van der Waals surface area contributed by atoms with Gasteiger partial charge in [0.25, 0.3) is 0 Å². The second kappa shape index (κ2) is 7.25. The summed E-state index contributed by atoms with van der Waals surface area (Å²) in [7, 11) is 0. The minimum absolute atomic E-state index is 0.150. The van der Waals surface area contributed by atoms with Crippen molar-refractivity contribution >= 4 is 29.1 Å². The van der Waals surface area contributed by atoms with Crippen LogP contribution in [0.3, 0.4) is 0 Å². The fraction of sp³-hybridized carbons (Fsp3) is 0.176. The van der Waals surface area contributed by atoms with Gasteiger partial charge in [-0.3, -0.25) is 4.79 Å². The second-order valence-corrected chi connectivity index (χ2v) is 6.78. The van der Waals surface area contributed by atoms with E-state index in [9.17, 15) is 9.59 Å². The molecule has 0 radical (unpaired) electrons. The zero-order valence-electron chi connectivity index (χ0n) is 13.5. The van der Waals surface area contributed by atoms with Crippen molar-refractivity contribution in [3.05, 3.63) is 62.9 Å². The van der Waals surface area contributed by atoms with Gasteiger partial charge in [0.1, 0.15) is 16.5 Å². The van der Waals surface area contributed by atoms with E-state index in [1.54, 1.807) is 19.1 Å². The molecule has 0 aliphatic heterocycles. The van der Waals surface area contributed by atoms with Gasteiger partial charge in [-0.05, 0) is 26.0 Å². The number of hydrogen-bond donors (Lipinski definition) is 1. The molecule has 0 aliphatic carbocycles. The summed E-state index contributed by atoms with van der Waals surface area (Å²) < 4.78 is 5.33. The van der Waals surface area contributed by atoms with Gasteiger partial charge >= 0.3 is 5.69 Å². The molecule has 0 fully saturated rings. The molecule has 2 aromatic heterocycles. The average Bonchev–Trinajstić information content (AvgIpc) is 3.01. The van der Waals surface area contributed by atoms with Crippen molar-refractivity contribution < 1.29 is 9.32 Å². The molecule has 128 valence electrons. The highest BCUT2D eigenvalue weighted by Crippen LogP contribution is 2.27. The largest absolute Gasteiger partial charge is 0.360 e. The average molecular weight is 376 g/mol. The number of aromatic amines is 1. The summed E-state index contributed by atoms with van der Waals surface area (Å²) in [6.45, 7) is 3.12. The van der Waals surface area contributed by atoms with Gasteiger partial charge in [-0.1, -0.05) is 40.7 Å². The smallest absolute Gasteiger partial charge is 0.346 e. The fourth-order valence-electron chi connectivity index (χ4n) is 2.36. The van der Waals surface area contributed by atoms with Gasteiger partial charge in [0.2, 0.25) is 0 Å². The number of thioether (sulfide) groups is 1. The first-order valence-corrected chi connectivity index (χ1v) is 8.76. The Kier molecular flexibility index (Phi) is 5.06. The Hall–Kier alpha value is -2.38. The van der Waals surface area contributed by atoms with Crippen LogP contribution in [0.4, 0.5) is 0 Å². The Labute approximate surface area is 152 Å². The van der Waals surface area contributed by atoms with E-state index in [1.165, 1.54) is 18.7 Å². The van der Waals surface area contributed by atoms with Crippen LogP contribution in [0, 0.1) is 6.92 Å². The van der Waals surface area contributed by atoms with E-state index in [0.29, 0.717) is 38.5 Å². The topological polar surface area (TPSA) is 88.8 Å². The minimum atomic E-state index is -0.482. The lowest BCUT2D eigenvalue weighted by Crippen LogP contribution is -2.17. The van der Waals surface area contributed by atoms with Crippen LogP contribution in [0.5, 0.6) is 0 Å². The van der Waals surface area contributed by atoms with Crippen LogP contribution in [0.25, 0.3) is 11.3 Å². The standard InChI is InChI=1S/C17H14ClN3O3S/c1-9-15(10(2)22)16(20-17(23)19-9)25-8-13-7-14(21-24-13)11-3-5-12(18)6-4-11/h3-7H,8H2,1-2H3,(H,19,20,23). The number of nitrogens with one attached hydrogen (secondary N) is 1. The molecule has 0 atom stereocenters. The molecule has 1 N–H and O–H groups in total. The van der Waals surface area contributed by atoms with Crippen molar-refractivity contribution in [3.8, 4) is 11.3 Å². The van der Waals surface area contributed by atoms with Crippen LogP contribution in [-0.4, -0.2) is 20.9 Å². The Balaban J connectivity index is 1.80. The Morgan fingerprint density at radius 1 is 1.32 bits per heavy atom. The lowest BCUT2D eigenvalue weighted by molar-refractivity contribution is 0.101. The van der Waals surface area contributed by atoms with E-state index in [1.807, 2.05) is 18.2 Å². The molecule has 3 aromatic rings. The van der Waals surface area contributed by atoms with Crippen LogP contribution in [0.15, 0.2) is 44.7 Å². The maximum atomic E-state index is 11.8. The van der Waals surface area contributed by atoms with Crippen molar-refractivity contribution in [1.82, 2.24) is 15.1 Å². The van der Waals surface area contributed by atoms with Gasteiger partial charge in [-0.2, -0.15) is 4.98 Å². The van der Waals surface area contributed by atoms with Crippen LogP contribution in [0.1, 0.15) is 28.7 Å². The van der Waals surface area contributed by atoms with Crippen LogP contribution < -0.4 is 5.69 Å². The molecular formula is C17H14ClN3O3S. The lowest BCUT2D eigenvalue weighted by Gasteiger charge is -2.06. The number of Topliss-reactive ketones (excluding diaryl/α,β-unsaturated/α-hetero) is 1. The van der Waals surface area contributed by atoms with E-state index in [-0.39, 0.29) is 5.78 Å². The molecular weight excluding hydrogens is 362 g/mol. The highest BCUT2D eigenvalue weighted by molar-refractivity contribution is 7.98. The summed E-state index contributed by atoms with van der Waals surface area (Å²) in [5.41, 5.74) is 2.02. The van der Waals surface area contributed by atoms with Gasteiger partial charge < -0.3 is 9.51 Å². The van der Waals surface area contributed by atoms with E-state index in [2.05, 4.69) is 15.1 Å². The summed E-state index contributed by atoms with van der Waals surface area (Å²) in [6, 6.07) is 9.08. The first kappa shape index (κ1) is 17.4. The third-order valence-corrected chi connectivity index (χ3v) is 4.74. The SMILES string of the molecule is CC(=O)c1c(SCc2cc(-c3ccc(Cl)cc3)no2)nc(=O)[nH]c1C. The number of benzene rings is 1. The zero-order valence-corrected chi connectivity index (χ0v) is 15.1. The molecule has 25 heavy (non-hydrogen) atoms. The zero-order chi connectivity index (χ0) is 18.0. The van der Waals surface area contributed by atoms with Crippen molar-refractivity contribution in [3.63, 3.8) is 0 Å². The van der Waals surface area contributed by atoms with Crippen LogP contribution in [-0.2, 0) is 5.75 Å². The van der Waals surface area contributed by atoms with Gasteiger partial charge in [-0.15, -0.1) is 0 Å². The number of halogens is 1. The predicted octanol–water partition coefficient (Wildman–Crippen LogP) is 3.88. The van der Waals surface area contributed by atoms with Crippen molar-refractivity contribution in [2.75, 3.05) is 0 Å². The Morgan fingerprint density at radius 2 is 2.04 bits per heavy atom. The number of carbonyl (C=O) groups is 1. The number of H-pyrrole nitrogens is 1. The van der Waals surface area contributed by atoms with E-state index in [0.717, 1.165) is 5.56 Å².